The van der Waals surface area contributed by atoms with Crippen molar-refractivity contribution in [3.05, 3.63) is 35.9 Å². The van der Waals surface area contributed by atoms with Gasteiger partial charge < -0.3 is 16.0 Å². The smallest absolute Gasteiger partial charge is 0.251 e. The minimum atomic E-state index is -0.0210. The molecule has 0 radical (unpaired) electrons. The molecular weight excluding hydrogens is 459 g/mol. The molecule has 1 amide bonds. The number of rotatable bonds is 8. The van der Waals surface area contributed by atoms with Gasteiger partial charge in [0.25, 0.3) is 5.91 Å². The fourth-order valence-electron chi connectivity index (χ4n) is 2.74. The van der Waals surface area contributed by atoms with Crippen molar-refractivity contribution in [1.82, 2.24) is 16.0 Å². The average molecular weight is 490 g/mol. The van der Waals surface area contributed by atoms with E-state index in [1.807, 2.05) is 42.1 Å². The van der Waals surface area contributed by atoms with Crippen molar-refractivity contribution in [2.45, 2.75) is 37.9 Å². The van der Waals surface area contributed by atoms with Crippen LogP contribution in [0.1, 0.15) is 43.5 Å². The monoisotopic (exact) mass is 490 g/mol. The molecule has 0 spiro atoms. The quantitative estimate of drug-likeness (QED) is 0.227. The van der Waals surface area contributed by atoms with Crippen molar-refractivity contribution in [2.24, 2.45) is 4.99 Å². The van der Waals surface area contributed by atoms with E-state index in [1.165, 1.54) is 18.6 Å². The van der Waals surface area contributed by atoms with Gasteiger partial charge in [-0.3, -0.25) is 9.79 Å². The van der Waals surface area contributed by atoms with Gasteiger partial charge in [-0.25, -0.2) is 0 Å². The highest BCUT2D eigenvalue weighted by molar-refractivity contribution is 14.0. The first-order chi connectivity index (χ1) is 12.1. The lowest BCUT2D eigenvalue weighted by Crippen LogP contribution is -2.39. The maximum atomic E-state index is 12.0. The number of hydrogen-bond donors (Lipinski definition) is 3. The molecule has 3 N–H and O–H groups in total. The van der Waals surface area contributed by atoms with Crippen LogP contribution in [0.15, 0.2) is 35.3 Å². The van der Waals surface area contributed by atoms with E-state index < -0.39 is 0 Å². The Hall–Kier alpha value is -0.960. The Bertz CT molecular complexity index is 562. The number of guanidine groups is 1. The first kappa shape index (κ1) is 23.1. The van der Waals surface area contributed by atoms with Gasteiger partial charge in [-0.05, 0) is 51.0 Å². The van der Waals surface area contributed by atoms with Crippen LogP contribution in [0.25, 0.3) is 0 Å². The number of thioether (sulfide) groups is 1. The molecule has 0 saturated carbocycles. The highest BCUT2D eigenvalue weighted by atomic mass is 127. The second-order valence-corrected chi connectivity index (χ2v) is 8.18. The molecule has 1 atom stereocenters. The van der Waals surface area contributed by atoms with Crippen LogP contribution in [0.2, 0.25) is 0 Å². The molecule has 146 valence electrons. The number of benzene rings is 1. The molecule has 1 aromatic carbocycles. The number of amides is 1. The van der Waals surface area contributed by atoms with Crippen molar-refractivity contribution in [3.63, 3.8) is 0 Å². The average Bonchev–Trinajstić information content (AvgIpc) is 3.07. The van der Waals surface area contributed by atoms with Gasteiger partial charge in [0.15, 0.2) is 5.96 Å². The molecule has 7 heteroatoms. The molecule has 1 aromatic rings. The van der Waals surface area contributed by atoms with Gasteiger partial charge in [0.1, 0.15) is 0 Å². The number of carbonyl (C=O) groups is 1. The van der Waals surface area contributed by atoms with E-state index in [0.29, 0.717) is 12.1 Å². The van der Waals surface area contributed by atoms with Crippen LogP contribution < -0.4 is 16.0 Å². The summed E-state index contributed by atoms with van der Waals surface area (Å²) in [6.07, 6.45) is 3.39. The predicted molar refractivity (Wildman–Crippen MR) is 123 cm³/mol. The van der Waals surface area contributed by atoms with Crippen LogP contribution in [0, 0.1) is 0 Å². The zero-order valence-electron chi connectivity index (χ0n) is 15.7. The topological polar surface area (TPSA) is 65.5 Å². The summed E-state index contributed by atoms with van der Waals surface area (Å²) in [7, 11) is 0. The van der Waals surface area contributed by atoms with E-state index in [-0.39, 0.29) is 34.6 Å². The van der Waals surface area contributed by atoms with Gasteiger partial charge in [-0.2, -0.15) is 11.8 Å². The number of aliphatic imine (C=N–C) groups is 1. The molecule has 1 aliphatic heterocycles. The van der Waals surface area contributed by atoms with Crippen LogP contribution in [0.3, 0.4) is 0 Å². The van der Waals surface area contributed by atoms with E-state index in [9.17, 15) is 4.79 Å². The van der Waals surface area contributed by atoms with Crippen LogP contribution in [0.4, 0.5) is 0 Å². The van der Waals surface area contributed by atoms with Crippen molar-refractivity contribution in [1.29, 1.82) is 0 Å². The Morgan fingerprint density at radius 1 is 1.19 bits per heavy atom. The van der Waals surface area contributed by atoms with E-state index in [4.69, 9.17) is 4.99 Å². The Morgan fingerprint density at radius 2 is 1.92 bits per heavy atom. The summed E-state index contributed by atoms with van der Waals surface area (Å²) in [5.41, 5.74) is 0.702. The molecule has 1 aliphatic rings. The first-order valence-electron chi connectivity index (χ1n) is 9.12. The number of carbonyl (C=O) groups excluding carboxylic acids is 1. The Kier molecular flexibility index (Phi) is 11.0. The van der Waals surface area contributed by atoms with Crippen molar-refractivity contribution in [3.8, 4) is 0 Å². The third-order valence-electron chi connectivity index (χ3n) is 4.18. The standard InChI is InChI=1S/C19H30N4OS.HI/c1-3-20-18(23-15-19(2)11-7-14-25-19)22-13-8-12-21-17(24)16-9-5-4-6-10-16;/h4-6,9-10H,3,7-8,11-15H2,1-2H3,(H,21,24)(H2,20,22,23);1H. The summed E-state index contributed by atoms with van der Waals surface area (Å²) in [6.45, 7) is 7.50. The van der Waals surface area contributed by atoms with E-state index in [2.05, 4.69) is 29.8 Å². The maximum Gasteiger partial charge on any atom is 0.251 e. The van der Waals surface area contributed by atoms with Crippen LogP contribution >= 0.6 is 35.7 Å². The molecular formula is C19H31IN4OS. The Labute approximate surface area is 178 Å². The summed E-state index contributed by atoms with van der Waals surface area (Å²) in [5, 5.41) is 9.59. The van der Waals surface area contributed by atoms with Gasteiger partial charge in [0.2, 0.25) is 0 Å². The molecule has 5 nitrogen and oxygen atoms in total. The fourth-order valence-corrected chi connectivity index (χ4v) is 3.96. The maximum absolute atomic E-state index is 12.0. The second-order valence-electron chi connectivity index (χ2n) is 6.50. The van der Waals surface area contributed by atoms with Gasteiger partial charge in [0.05, 0.1) is 6.54 Å². The fraction of sp³-hybridized carbons (Fsp3) is 0.579. The summed E-state index contributed by atoms with van der Waals surface area (Å²) in [6, 6.07) is 9.31. The van der Waals surface area contributed by atoms with Gasteiger partial charge in [0, 0.05) is 29.9 Å². The second kappa shape index (κ2) is 12.4. The lowest BCUT2D eigenvalue weighted by molar-refractivity contribution is 0.0953. The molecule has 2 rings (SSSR count). The van der Waals surface area contributed by atoms with Crippen LogP contribution in [-0.4, -0.2) is 48.5 Å². The minimum Gasteiger partial charge on any atom is -0.357 e. The molecule has 1 unspecified atom stereocenters. The van der Waals surface area contributed by atoms with Crippen LogP contribution in [0.5, 0.6) is 0 Å². The van der Waals surface area contributed by atoms with Crippen molar-refractivity contribution >= 4 is 47.6 Å². The zero-order chi connectivity index (χ0) is 18.0. The van der Waals surface area contributed by atoms with E-state index in [0.717, 1.165) is 32.0 Å². The molecule has 0 bridgehead atoms. The van der Waals surface area contributed by atoms with Gasteiger partial charge in [-0.15, -0.1) is 24.0 Å². The zero-order valence-corrected chi connectivity index (χ0v) is 18.9. The third-order valence-corrected chi connectivity index (χ3v) is 5.71. The summed E-state index contributed by atoms with van der Waals surface area (Å²) in [5.74, 6) is 2.09. The summed E-state index contributed by atoms with van der Waals surface area (Å²) >= 11 is 2.03. The molecule has 0 aromatic heterocycles. The number of hydrogen-bond acceptors (Lipinski definition) is 3. The molecule has 26 heavy (non-hydrogen) atoms. The van der Waals surface area contributed by atoms with Crippen molar-refractivity contribution < 1.29 is 4.79 Å². The number of halogens is 1. The summed E-state index contributed by atoms with van der Waals surface area (Å²) < 4.78 is 0.284. The first-order valence-corrected chi connectivity index (χ1v) is 10.1. The molecule has 1 saturated heterocycles. The van der Waals surface area contributed by atoms with Gasteiger partial charge >= 0.3 is 0 Å². The highest BCUT2D eigenvalue weighted by Gasteiger charge is 2.29. The van der Waals surface area contributed by atoms with Gasteiger partial charge in [-0.1, -0.05) is 18.2 Å². The molecule has 1 heterocycles. The third kappa shape index (κ3) is 8.16. The van der Waals surface area contributed by atoms with Crippen molar-refractivity contribution in [2.75, 3.05) is 31.9 Å². The minimum absolute atomic E-state index is 0. The van der Waals surface area contributed by atoms with E-state index >= 15 is 0 Å². The van der Waals surface area contributed by atoms with E-state index in [1.54, 1.807) is 0 Å². The number of nitrogens with one attached hydrogen (secondary N) is 3. The number of nitrogens with zero attached hydrogens (tertiary/aromatic N) is 1. The Morgan fingerprint density at radius 3 is 2.58 bits per heavy atom. The summed E-state index contributed by atoms with van der Waals surface area (Å²) in [4.78, 5) is 16.7. The Balaban J connectivity index is 0.00000338. The predicted octanol–water partition coefficient (Wildman–Crippen LogP) is 3.27. The lowest BCUT2D eigenvalue weighted by atomic mass is 10.1. The SMILES string of the molecule is CCNC(=NCC1(C)CCCS1)NCCCNC(=O)c1ccccc1.I. The lowest BCUT2D eigenvalue weighted by Gasteiger charge is -2.21. The molecule has 1 fully saturated rings. The largest absolute Gasteiger partial charge is 0.357 e. The van der Waals surface area contributed by atoms with Crippen LogP contribution in [-0.2, 0) is 0 Å². The molecule has 0 aliphatic carbocycles. The normalized spacial score (nSPS) is 19.5. The highest BCUT2D eigenvalue weighted by Crippen LogP contribution is 2.37.